The maximum absolute atomic E-state index is 5.13. The quantitative estimate of drug-likeness (QED) is 0.886. The van der Waals surface area contributed by atoms with E-state index in [2.05, 4.69) is 35.3 Å². The molecule has 0 amide bonds. The van der Waals surface area contributed by atoms with E-state index in [-0.39, 0.29) is 0 Å². The minimum atomic E-state index is 0.310. The van der Waals surface area contributed by atoms with Crippen LogP contribution in [0.5, 0.6) is 0 Å². The van der Waals surface area contributed by atoms with E-state index in [1.165, 1.54) is 12.8 Å². The van der Waals surface area contributed by atoms with Crippen LogP contribution in [0.4, 0.5) is 5.95 Å². The third-order valence-corrected chi connectivity index (χ3v) is 5.12. The summed E-state index contributed by atoms with van der Waals surface area (Å²) in [4.78, 5) is 11.5. The van der Waals surface area contributed by atoms with E-state index >= 15 is 0 Å². The van der Waals surface area contributed by atoms with Crippen molar-refractivity contribution in [3.8, 4) is 0 Å². The molecule has 4 rings (SSSR count). The Bertz CT molecular complexity index is 727. The molecule has 1 N–H and O–H groups in total. The molecule has 0 bridgehead atoms. The van der Waals surface area contributed by atoms with Crippen molar-refractivity contribution in [3.63, 3.8) is 0 Å². The van der Waals surface area contributed by atoms with Gasteiger partial charge in [0.05, 0.1) is 11.4 Å². The molecule has 1 saturated carbocycles. The predicted octanol–water partition coefficient (Wildman–Crippen LogP) is 1.38. The van der Waals surface area contributed by atoms with Crippen molar-refractivity contribution in [3.05, 3.63) is 23.0 Å². The average molecular weight is 329 g/mol. The number of nitrogens with one attached hydrogen (secondary N) is 1. The van der Waals surface area contributed by atoms with E-state index < -0.39 is 0 Å². The number of aromatic nitrogens is 6. The lowest BCUT2D eigenvalue weighted by molar-refractivity contribution is 0.178. The number of hydrogen-bond acceptors (Lipinski definition) is 7. The van der Waals surface area contributed by atoms with Crippen LogP contribution in [0.15, 0.2) is 0 Å². The predicted molar refractivity (Wildman–Crippen MR) is 87.6 cm³/mol. The van der Waals surface area contributed by atoms with Crippen molar-refractivity contribution in [2.75, 3.05) is 25.1 Å². The van der Waals surface area contributed by atoms with Gasteiger partial charge in [0.2, 0.25) is 5.95 Å². The Kier molecular flexibility index (Phi) is 3.91. The maximum atomic E-state index is 5.13. The first-order chi connectivity index (χ1) is 11.7. The number of H-pyrrole nitrogens is 1. The maximum Gasteiger partial charge on any atom is 0.245 e. The molecule has 1 aliphatic heterocycles. The van der Waals surface area contributed by atoms with Crippen LogP contribution in [0.2, 0.25) is 0 Å². The van der Waals surface area contributed by atoms with Gasteiger partial charge in [-0.15, -0.1) is 5.10 Å². The molecule has 1 aliphatic carbocycles. The summed E-state index contributed by atoms with van der Waals surface area (Å²) in [5, 5.41) is 15.9. The second kappa shape index (κ2) is 6.08. The summed E-state index contributed by atoms with van der Waals surface area (Å²) in [7, 11) is 1.66. The molecule has 2 aromatic rings. The van der Waals surface area contributed by atoms with Crippen molar-refractivity contribution in [2.45, 2.75) is 39.2 Å². The van der Waals surface area contributed by atoms with Crippen LogP contribution in [0.25, 0.3) is 0 Å². The first kappa shape index (κ1) is 15.4. The van der Waals surface area contributed by atoms with E-state index in [1.807, 2.05) is 13.8 Å². The highest BCUT2D eigenvalue weighted by Crippen LogP contribution is 2.47. The van der Waals surface area contributed by atoms with Crippen LogP contribution >= 0.6 is 0 Å². The van der Waals surface area contributed by atoms with Crippen molar-refractivity contribution in [1.29, 1.82) is 0 Å². The van der Waals surface area contributed by atoms with Crippen LogP contribution < -0.4 is 4.90 Å². The topological polar surface area (TPSA) is 92.7 Å². The van der Waals surface area contributed by atoms with Crippen molar-refractivity contribution in [1.82, 2.24) is 30.4 Å². The number of hydrogen-bond donors (Lipinski definition) is 1. The molecular weight excluding hydrogens is 306 g/mol. The van der Waals surface area contributed by atoms with Gasteiger partial charge in [-0.25, -0.2) is 9.97 Å². The molecule has 2 aliphatic rings. The standard InChI is InChI=1S/C16H23N7O/c1-9-10(2)19-22-16(17-9)23-6-12(11-4-5-11)13(7-23)15-18-14(8-24-3)20-21-15/h11-13H,4-8H2,1-3H3,(H,18,20,21)/t12-,13+/m1/s1. The number of rotatable bonds is 5. The fourth-order valence-corrected chi connectivity index (χ4v) is 3.52. The molecular formula is C16H23N7O. The van der Waals surface area contributed by atoms with Gasteiger partial charge in [0, 0.05) is 26.1 Å². The smallest absolute Gasteiger partial charge is 0.245 e. The summed E-state index contributed by atoms with van der Waals surface area (Å²) >= 11 is 0. The molecule has 0 aromatic carbocycles. The number of anilines is 1. The molecule has 3 heterocycles. The summed E-state index contributed by atoms with van der Waals surface area (Å²) < 4.78 is 5.13. The third-order valence-electron chi connectivity index (χ3n) is 5.12. The highest BCUT2D eigenvalue weighted by atomic mass is 16.5. The largest absolute Gasteiger partial charge is 0.377 e. The van der Waals surface area contributed by atoms with E-state index in [9.17, 15) is 0 Å². The summed E-state index contributed by atoms with van der Waals surface area (Å²) in [5.74, 6) is 4.02. The van der Waals surface area contributed by atoms with Crippen molar-refractivity contribution < 1.29 is 4.74 Å². The third kappa shape index (κ3) is 2.86. The molecule has 0 unspecified atom stereocenters. The molecule has 2 aromatic heterocycles. The number of ether oxygens (including phenoxy) is 1. The number of nitrogens with zero attached hydrogens (tertiary/aromatic N) is 6. The Morgan fingerprint density at radius 3 is 2.67 bits per heavy atom. The molecule has 8 heteroatoms. The van der Waals surface area contributed by atoms with Gasteiger partial charge in [0.15, 0.2) is 11.6 Å². The van der Waals surface area contributed by atoms with Gasteiger partial charge in [0.1, 0.15) is 6.61 Å². The molecule has 1 saturated heterocycles. The van der Waals surface area contributed by atoms with Crippen LogP contribution in [0.3, 0.4) is 0 Å². The SMILES string of the molecule is COCc1nc([C@H]2CN(c3nnc(C)c(C)n3)C[C@@H]2C2CC2)n[nH]1. The molecule has 2 atom stereocenters. The van der Waals surface area contributed by atoms with Crippen LogP contribution in [0, 0.1) is 25.7 Å². The lowest BCUT2D eigenvalue weighted by Gasteiger charge is -2.15. The van der Waals surface area contributed by atoms with Gasteiger partial charge in [-0.05, 0) is 38.5 Å². The van der Waals surface area contributed by atoms with Gasteiger partial charge in [-0.2, -0.15) is 10.2 Å². The zero-order chi connectivity index (χ0) is 16.7. The average Bonchev–Trinajstić information content (AvgIpc) is 3.15. The molecule has 8 nitrogen and oxygen atoms in total. The summed E-state index contributed by atoms with van der Waals surface area (Å²) in [6.07, 6.45) is 2.60. The second-order valence-corrected chi connectivity index (χ2v) is 6.87. The Morgan fingerprint density at radius 1 is 1.12 bits per heavy atom. The molecule has 0 spiro atoms. The summed E-state index contributed by atoms with van der Waals surface area (Å²) in [6.45, 7) is 6.17. The van der Waals surface area contributed by atoms with E-state index in [0.29, 0.717) is 18.4 Å². The van der Waals surface area contributed by atoms with E-state index in [4.69, 9.17) is 4.74 Å². The van der Waals surface area contributed by atoms with Gasteiger partial charge < -0.3 is 9.64 Å². The van der Waals surface area contributed by atoms with Gasteiger partial charge >= 0.3 is 0 Å². The van der Waals surface area contributed by atoms with Crippen LogP contribution in [0.1, 0.15) is 41.8 Å². The number of aromatic amines is 1. The summed E-state index contributed by atoms with van der Waals surface area (Å²) in [6, 6.07) is 0. The molecule has 0 radical (unpaired) electrons. The Labute approximate surface area is 141 Å². The van der Waals surface area contributed by atoms with Crippen molar-refractivity contribution in [2.24, 2.45) is 11.8 Å². The normalized spacial score (nSPS) is 23.9. The lowest BCUT2D eigenvalue weighted by atomic mass is 9.91. The summed E-state index contributed by atoms with van der Waals surface area (Å²) in [5.41, 5.74) is 1.82. The zero-order valence-corrected chi connectivity index (χ0v) is 14.4. The fraction of sp³-hybridized carbons (Fsp3) is 0.688. The minimum Gasteiger partial charge on any atom is -0.377 e. The van der Waals surface area contributed by atoms with Gasteiger partial charge in [-0.3, -0.25) is 5.10 Å². The minimum absolute atomic E-state index is 0.310. The highest BCUT2D eigenvalue weighted by molar-refractivity contribution is 5.35. The van der Waals surface area contributed by atoms with Gasteiger partial charge in [0.25, 0.3) is 0 Å². The first-order valence-electron chi connectivity index (χ1n) is 8.48. The highest BCUT2D eigenvalue weighted by Gasteiger charge is 2.45. The van der Waals surface area contributed by atoms with E-state index in [1.54, 1.807) is 7.11 Å². The van der Waals surface area contributed by atoms with Crippen molar-refractivity contribution >= 4 is 5.95 Å². The van der Waals surface area contributed by atoms with Gasteiger partial charge in [-0.1, -0.05) is 0 Å². The second-order valence-electron chi connectivity index (χ2n) is 6.87. The fourth-order valence-electron chi connectivity index (χ4n) is 3.52. The van der Waals surface area contributed by atoms with Crippen LogP contribution in [-0.2, 0) is 11.3 Å². The molecule has 2 fully saturated rings. The monoisotopic (exact) mass is 329 g/mol. The first-order valence-corrected chi connectivity index (χ1v) is 8.48. The Morgan fingerprint density at radius 2 is 1.96 bits per heavy atom. The molecule has 128 valence electrons. The van der Waals surface area contributed by atoms with Crippen LogP contribution in [-0.4, -0.2) is 50.6 Å². The molecule has 24 heavy (non-hydrogen) atoms. The number of methoxy groups -OCH3 is 1. The Balaban J connectivity index is 1.58. The van der Waals surface area contributed by atoms with E-state index in [0.717, 1.165) is 48.0 Å². The Hall–Kier alpha value is -2.09. The lowest BCUT2D eigenvalue weighted by Crippen LogP contribution is -2.23. The number of aryl methyl sites for hydroxylation is 2. The zero-order valence-electron chi connectivity index (χ0n) is 14.4.